The van der Waals surface area contributed by atoms with Crippen molar-refractivity contribution in [3.05, 3.63) is 0 Å². The molecule has 0 bridgehead atoms. The molecule has 86 valence electrons. The highest BCUT2D eigenvalue weighted by Gasteiger charge is 2.36. The zero-order valence-corrected chi connectivity index (χ0v) is 9.32. The van der Waals surface area contributed by atoms with Gasteiger partial charge in [-0.05, 0) is 31.1 Å². The molecule has 0 spiro atoms. The first kappa shape index (κ1) is 12.0. The molecular formula is C11H18O4. The van der Waals surface area contributed by atoms with Crippen LogP contribution in [0.3, 0.4) is 0 Å². The first-order chi connectivity index (χ1) is 7.17. The Bertz CT molecular complexity index is 213. The topological polar surface area (TPSA) is 52.6 Å². The number of rotatable bonds is 6. The third-order valence-electron chi connectivity index (χ3n) is 2.96. The van der Waals surface area contributed by atoms with Crippen LogP contribution in [0.4, 0.5) is 0 Å². The minimum atomic E-state index is -0.145. The molecule has 0 aromatic carbocycles. The van der Waals surface area contributed by atoms with Gasteiger partial charge in [0, 0.05) is 12.8 Å². The van der Waals surface area contributed by atoms with Crippen LogP contribution in [0, 0.1) is 11.8 Å². The summed E-state index contributed by atoms with van der Waals surface area (Å²) in [6.07, 6.45) is 3.90. The second kappa shape index (κ2) is 5.73. The molecule has 1 aliphatic rings. The van der Waals surface area contributed by atoms with E-state index in [0.717, 1.165) is 19.3 Å². The lowest BCUT2D eigenvalue weighted by atomic mass is 10.1. The summed E-state index contributed by atoms with van der Waals surface area (Å²) in [6.45, 7) is 0. The number of hydrogen-bond acceptors (Lipinski definition) is 4. The molecule has 4 nitrogen and oxygen atoms in total. The normalized spacial score (nSPS) is 23.3. The molecule has 1 saturated carbocycles. The number of carbonyl (C=O) groups is 2. The van der Waals surface area contributed by atoms with Crippen LogP contribution < -0.4 is 0 Å². The zero-order valence-electron chi connectivity index (χ0n) is 9.32. The van der Waals surface area contributed by atoms with Crippen molar-refractivity contribution in [2.24, 2.45) is 11.8 Å². The molecule has 0 N–H and O–H groups in total. The van der Waals surface area contributed by atoms with Gasteiger partial charge in [0.25, 0.3) is 0 Å². The third kappa shape index (κ3) is 4.32. The molecule has 4 heteroatoms. The highest BCUT2D eigenvalue weighted by atomic mass is 16.5. The highest BCUT2D eigenvalue weighted by Crippen LogP contribution is 2.45. The van der Waals surface area contributed by atoms with Gasteiger partial charge in [0.15, 0.2) is 0 Å². The van der Waals surface area contributed by atoms with Gasteiger partial charge in [-0.15, -0.1) is 0 Å². The first-order valence-corrected chi connectivity index (χ1v) is 5.31. The lowest BCUT2D eigenvalue weighted by Crippen LogP contribution is -2.02. The van der Waals surface area contributed by atoms with Gasteiger partial charge in [0.05, 0.1) is 14.2 Å². The van der Waals surface area contributed by atoms with E-state index in [2.05, 4.69) is 9.47 Å². The summed E-state index contributed by atoms with van der Waals surface area (Å²) in [5.41, 5.74) is 0. The Kier molecular flexibility index (Phi) is 4.59. The van der Waals surface area contributed by atoms with Gasteiger partial charge < -0.3 is 9.47 Å². The van der Waals surface area contributed by atoms with Gasteiger partial charge in [-0.3, -0.25) is 9.59 Å². The van der Waals surface area contributed by atoms with Crippen molar-refractivity contribution in [3.63, 3.8) is 0 Å². The van der Waals surface area contributed by atoms with E-state index >= 15 is 0 Å². The fourth-order valence-corrected chi connectivity index (χ4v) is 1.83. The predicted octanol–water partition coefficient (Wildman–Crippen LogP) is 1.53. The lowest BCUT2D eigenvalue weighted by molar-refractivity contribution is -0.141. The summed E-state index contributed by atoms with van der Waals surface area (Å²) < 4.78 is 9.13. The molecule has 0 amide bonds. The van der Waals surface area contributed by atoms with Gasteiger partial charge in [0.1, 0.15) is 0 Å². The number of ether oxygens (including phenoxy) is 2. The summed E-state index contributed by atoms with van der Waals surface area (Å²) in [6, 6.07) is 0. The fourth-order valence-electron chi connectivity index (χ4n) is 1.83. The van der Waals surface area contributed by atoms with E-state index in [1.807, 2.05) is 0 Å². The molecule has 0 aliphatic heterocycles. The van der Waals surface area contributed by atoms with Crippen LogP contribution >= 0.6 is 0 Å². The van der Waals surface area contributed by atoms with Crippen molar-refractivity contribution in [2.45, 2.75) is 32.1 Å². The maximum Gasteiger partial charge on any atom is 0.305 e. The Hall–Kier alpha value is -1.06. The molecule has 1 fully saturated rings. The maximum absolute atomic E-state index is 10.9. The second-order valence-electron chi connectivity index (χ2n) is 3.99. The Morgan fingerprint density at radius 3 is 1.73 bits per heavy atom. The van der Waals surface area contributed by atoms with E-state index in [4.69, 9.17) is 0 Å². The summed E-state index contributed by atoms with van der Waals surface area (Å²) in [7, 11) is 2.81. The number of methoxy groups -OCH3 is 2. The predicted molar refractivity (Wildman–Crippen MR) is 54.1 cm³/mol. The van der Waals surface area contributed by atoms with Crippen LogP contribution in [0.5, 0.6) is 0 Å². The molecule has 0 radical (unpaired) electrons. The molecule has 0 heterocycles. The Labute approximate surface area is 89.9 Å². The van der Waals surface area contributed by atoms with E-state index in [1.165, 1.54) is 14.2 Å². The number of esters is 2. The van der Waals surface area contributed by atoms with Gasteiger partial charge >= 0.3 is 11.9 Å². The van der Waals surface area contributed by atoms with E-state index in [0.29, 0.717) is 24.7 Å². The van der Waals surface area contributed by atoms with Crippen LogP contribution in [-0.4, -0.2) is 26.2 Å². The van der Waals surface area contributed by atoms with Crippen LogP contribution in [0.2, 0.25) is 0 Å². The first-order valence-electron chi connectivity index (χ1n) is 5.31. The second-order valence-corrected chi connectivity index (χ2v) is 3.99. The van der Waals surface area contributed by atoms with E-state index < -0.39 is 0 Å². The molecule has 0 saturated heterocycles. The maximum atomic E-state index is 10.9. The molecule has 2 atom stereocenters. The molecule has 0 aromatic heterocycles. The quantitative estimate of drug-likeness (QED) is 0.629. The highest BCUT2D eigenvalue weighted by molar-refractivity contribution is 5.69. The minimum absolute atomic E-state index is 0.145. The van der Waals surface area contributed by atoms with Crippen molar-refractivity contribution in [1.29, 1.82) is 0 Å². The van der Waals surface area contributed by atoms with Crippen molar-refractivity contribution in [3.8, 4) is 0 Å². The van der Waals surface area contributed by atoms with Crippen LogP contribution in [0.15, 0.2) is 0 Å². The van der Waals surface area contributed by atoms with Gasteiger partial charge in [-0.25, -0.2) is 0 Å². The zero-order chi connectivity index (χ0) is 11.3. The standard InChI is InChI=1S/C11H18O4/c1-14-10(12)5-3-8-7-9(8)4-6-11(13)15-2/h8-9H,3-7H2,1-2H3/t8-,9-/m0/s1. The lowest BCUT2D eigenvalue weighted by Gasteiger charge is -1.99. The number of carbonyl (C=O) groups excluding carboxylic acids is 2. The third-order valence-corrected chi connectivity index (χ3v) is 2.96. The summed E-state index contributed by atoms with van der Waals surface area (Å²) in [4.78, 5) is 21.7. The van der Waals surface area contributed by atoms with E-state index in [9.17, 15) is 9.59 Å². The molecule has 1 rings (SSSR count). The summed E-state index contributed by atoms with van der Waals surface area (Å²) >= 11 is 0. The van der Waals surface area contributed by atoms with Crippen molar-refractivity contribution in [1.82, 2.24) is 0 Å². The molecule has 15 heavy (non-hydrogen) atoms. The van der Waals surface area contributed by atoms with Crippen molar-refractivity contribution in [2.75, 3.05) is 14.2 Å². The Balaban J connectivity index is 2.03. The minimum Gasteiger partial charge on any atom is -0.469 e. The Morgan fingerprint density at radius 1 is 1.00 bits per heavy atom. The van der Waals surface area contributed by atoms with Gasteiger partial charge in [0.2, 0.25) is 0 Å². The van der Waals surface area contributed by atoms with Gasteiger partial charge in [-0.1, -0.05) is 0 Å². The SMILES string of the molecule is COC(=O)CC[C@H]1C[C@@H]1CCC(=O)OC. The van der Waals surface area contributed by atoms with Gasteiger partial charge in [-0.2, -0.15) is 0 Å². The van der Waals surface area contributed by atoms with Crippen LogP contribution in [0.1, 0.15) is 32.1 Å². The Morgan fingerprint density at radius 2 is 1.40 bits per heavy atom. The van der Waals surface area contributed by atoms with Crippen LogP contribution in [-0.2, 0) is 19.1 Å². The summed E-state index contributed by atoms with van der Waals surface area (Å²) in [5, 5.41) is 0. The van der Waals surface area contributed by atoms with E-state index in [-0.39, 0.29) is 11.9 Å². The molecule has 0 unspecified atom stereocenters. The van der Waals surface area contributed by atoms with Crippen LogP contribution in [0.25, 0.3) is 0 Å². The largest absolute Gasteiger partial charge is 0.469 e. The average Bonchev–Trinajstić information content (AvgIpc) is 3.01. The summed E-state index contributed by atoms with van der Waals surface area (Å²) in [5.74, 6) is 0.921. The van der Waals surface area contributed by atoms with Crippen molar-refractivity contribution >= 4 is 11.9 Å². The molecule has 0 aromatic rings. The van der Waals surface area contributed by atoms with E-state index in [1.54, 1.807) is 0 Å². The number of hydrogen-bond donors (Lipinski definition) is 0. The van der Waals surface area contributed by atoms with Crippen molar-refractivity contribution < 1.29 is 19.1 Å². The average molecular weight is 214 g/mol. The molecular weight excluding hydrogens is 196 g/mol. The fraction of sp³-hybridized carbons (Fsp3) is 0.818. The monoisotopic (exact) mass is 214 g/mol. The molecule has 1 aliphatic carbocycles. The smallest absolute Gasteiger partial charge is 0.305 e.